The zero-order valence-corrected chi connectivity index (χ0v) is 8.21. The number of nitrogens with zero attached hydrogens (tertiary/aromatic N) is 2. The Kier molecular flexibility index (Phi) is 2.64. The molecule has 0 amide bonds. The van der Waals surface area contributed by atoms with Crippen LogP contribution < -0.4 is 4.74 Å². The molecule has 0 aliphatic rings. The summed E-state index contributed by atoms with van der Waals surface area (Å²) >= 11 is 0. The van der Waals surface area contributed by atoms with Crippen molar-refractivity contribution < 1.29 is 9.84 Å². The fraction of sp³-hybridized carbons (Fsp3) is 0.200. The van der Waals surface area contributed by atoms with E-state index >= 15 is 0 Å². The first kappa shape index (κ1) is 9.67. The predicted molar refractivity (Wildman–Crippen MR) is 53.4 cm³/mol. The molecule has 0 spiro atoms. The van der Waals surface area contributed by atoms with Gasteiger partial charge in [0.15, 0.2) is 5.82 Å². The Morgan fingerprint density at radius 2 is 2.07 bits per heavy atom. The van der Waals surface area contributed by atoms with Crippen LogP contribution in [0.3, 0.4) is 0 Å². The van der Waals surface area contributed by atoms with Gasteiger partial charge in [-0.2, -0.15) is 5.10 Å². The summed E-state index contributed by atoms with van der Waals surface area (Å²) in [7, 11) is 1.60. The van der Waals surface area contributed by atoms with Crippen LogP contribution in [-0.4, -0.2) is 27.4 Å². The molecule has 1 atom stereocenters. The Bertz CT molecular complexity index is 411. The summed E-state index contributed by atoms with van der Waals surface area (Å²) in [4.78, 5) is 3.89. The highest BCUT2D eigenvalue weighted by atomic mass is 16.5. The van der Waals surface area contributed by atoms with Crippen molar-refractivity contribution in [1.29, 1.82) is 0 Å². The number of methoxy groups -OCH3 is 1. The van der Waals surface area contributed by atoms with E-state index in [-0.39, 0.29) is 0 Å². The van der Waals surface area contributed by atoms with Gasteiger partial charge in [0.25, 0.3) is 0 Å². The van der Waals surface area contributed by atoms with Crippen molar-refractivity contribution in [2.24, 2.45) is 0 Å². The number of aliphatic hydroxyl groups is 1. The first-order chi connectivity index (χ1) is 7.31. The number of aromatic nitrogens is 3. The second-order valence-electron chi connectivity index (χ2n) is 3.05. The summed E-state index contributed by atoms with van der Waals surface area (Å²) in [6.07, 6.45) is 0.584. The van der Waals surface area contributed by atoms with Gasteiger partial charge in [0.05, 0.1) is 7.11 Å². The van der Waals surface area contributed by atoms with Crippen LogP contribution in [0.15, 0.2) is 30.6 Å². The van der Waals surface area contributed by atoms with Crippen molar-refractivity contribution in [1.82, 2.24) is 15.2 Å². The van der Waals surface area contributed by atoms with Gasteiger partial charge in [-0.05, 0) is 17.7 Å². The molecule has 0 aliphatic carbocycles. The highest BCUT2D eigenvalue weighted by Crippen LogP contribution is 2.20. The van der Waals surface area contributed by atoms with Crippen molar-refractivity contribution in [2.75, 3.05) is 7.11 Å². The predicted octanol–water partition coefficient (Wildman–Crippen LogP) is 0.895. The van der Waals surface area contributed by atoms with Crippen LogP contribution in [0.25, 0.3) is 0 Å². The van der Waals surface area contributed by atoms with E-state index < -0.39 is 6.10 Å². The molecule has 0 saturated carbocycles. The molecule has 0 fully saturated rings. The number of ether oxygens (including phenoxy) is 1. The fourth-order valence-corrected chi connectivity index (χ4v) is 1.29. The van der Waals surface area contributed by atoms with Gasteiger partial charge < -0.3 is 9.84 Å². The van der Waals surface area contributed by atoms with Gasteiger partial charge in [-0.1, -0.05) is 12.1 Å². The van der Waals surface area contributed by atoms with E-state index in [4.69, 9.17) is 4.74 Å². The lowest BCUT2D eigenvalue weighted by molar-refractivity contribution is 0.210. The minimum absolute atomic E-state index is 0.431. The van der Waals surface area contributed by atoms with Crippen LogP contribution in [-0.2, 0) is 0 Å². The van der Waals surface area contributed by atoms with E-state index in [1.54, 1.807) is 31.4 Å². The fourth-order valence-electron chi connectivity index (χ4n) is 1.29. The molecule has 2 rings (SSSR count). The Balaban J connectivity index is 2.22. The van der Waals surface area contributed by atoms with Crippen molar-refractivity contribution >= 4 is 0 Å². The maximum absolute atomic E-state index is 9.87. The van der Waals surface area contributed by atoms with Crippen LogP contribution in [0.4, 0.5) is 0 Å². The number of H-pyrrole nitrogens is 1. The van der Waals surface area contributed by atoms with E-state index in [2.05, 4.69) is 15.2 Å². The van der Waals surface area contributed by atoms with Gasteiger partial charge >= 0.3 is 0 Å². The molecule has 2 aromatic rings. The van der Waals surface area contributed by atoms with Crippen molar-refractivity contribution in [3.8, 4) is 5.75 Å². The average Bonchev–Trinajstić information content (AvgIpc) is 2.82. The largest absolute Gasteiger partial charge is 0.497 e. The minimum Gasteiger partial charge on any atom is -0.497 e. The second kappa shape index (κ2) is 4.10. The molecule has 1 aromatic carbocycles. The molecule has 0 aliphatic heterocycles. The third-order valence-electron chi connectivity index (χ3n) is 2.12. The summed E-state index contributed by atoms with van der Waals surface area (Å²) in [5, 5.41) is 16.2. The van der Waals surface area contributed by atoms with Crippen LogP contribution in [0, 0.1) is 0 Å². The maximum Gasteiger partial charge on any atom is 0.157 e. The third kappa shape index (κ3) is 1.97. The summed E-state index contributed by atoms with van der Waals surface area (Å²) in [6, 6.07) is 7.14. The Labute approximate surface area is 86.7 Å². The quantitative estimate of drug-likeness (QED) is 0.780. The number of benzene rings is 1. The average molecular weight is 205 g/mol. The lowest BCUT2D eigenvalue weighted by Gasteiger charge is -2.08. The molecule has 0 saturated heterocycles. The SMILES string of the molecule is COc1ccc(C(O)c2ncn[nH]2)cc1. The zero-order chi connectivity index (χ0) is 10.7. The van der Waals surface area contributed by atoms with Gasteiger partial charge in [0.2, 0.25) is 0 Å². The highest BCUT2D eigenvalue weighted by molar-refractivity contribution is 5.30. The molecule has 1 heterocycles. The van der Waals surface area contributed by atoms with Crippen LogP contribution in [0.2, 0.25) is 0 Å². The molecule has 0 radical (unpaired) electrons. The van der Waals surface area contributed by atoms with Crippen LogP contribution >= 0.6 is 0 Å². The number of aromatic amines is 1. The molecule has 78 valence electrons. The van der Waals surface area contributed by atoms with Gasteiger partial charge in [-0.25, -0.2) is 4.98 Å². The topological polar surface area (TPSA) is 71.0 Å². The third-order valence-corrected chi connectivity index (χ3v) is 2.12. The summed E-state index contributed by atoms with van der Waals surface area (Å²) in [5.74, 6) is 1.18. The van der Waals surface area contributed by atoms with Gasteiger partial charge in [-0.3, -0.25) is 5.10 Å². The summed E-state index contributed by atoms with van der Waals surface area (Å²) in [6.45, 7) is 0. The van der Waals surface area contributed by atoms with E-state index in [1.165, 1.54) is 6.33 Å². The molecular weight excluding hydrogens is 194 g/mol. The maximum atomic E-state index is 9.87. The molecule has 5 nitrogen and oxygen atoms in total. The number of hydrogen-bond acceptors (Lipinski definition) is 4. The Hall–Kier alpha value is -1.88. The first-order valence-electron chi connectivity index (χ1n) is 4.48. The molecule has 1 aromatic heterocycles. The molecule has 1 unspecified atom stereocenters. The number of hydrogen-bond donors (Lipinski definition) is 2. The van der Waals surface area contributed by atoms with Gasteiger partial charge in [0, 0.05) is 0 Å². The number of aliphatic hydroxyl groups excluding tert-OH is 1. The summed E-state index contributed by atoms with van der Waals surface area (Å²) < 4.78 is 5.02. The van der Waals surface area contributed by atoms with E-state index in [1.807, 2.05) is 0 Å². The number of rotatable bonds is 3. The van der Waals surface area contributed by atoms with Crippen molar-refractivity contribution in [3.05, 3.63) is 42.0 Å². The summed E-state index contributed by atoms with van der Waals surface area (Å²) in [5.41, 5.74) is 0.743. The number of nitrogens with one attached hydrogen (secondary N) is 1. The van der Waals surface area contributed by atoms with Crippen LogP contribution in [0.1, 0.15) is 17.5 Å². The molecule has 5 heteroatoms. The molecule has 0 bridgehead atoms. The van der Waals surface area contributed by atoms with Crippen LogP contribution in [0.5, 0.6) is 5.75 Å². The highest BCUT2D eigenvalue weighted by Gasteiger charge is 2.12. The lowest BCUT2D eigenvalue weighted by atomic mass is 10.1. The molecule has 15 heavy (non-hydrogen) atoms. The Morgan fingerprint density at radius 1 is 1.33 bits per heavy atom. The smallest absolute Gasteiger partial charge is 0.157 e. The standard InChI is InChI=1S/C10H11N3O2/c1-15-8-4-2-7(3-5-8)9(14)10-11-6-12-13-10/h2-6,9,14H,1H3,(H,11,12,13). The monoisotopic (exact) mass is 205 g/mol. The molecular formula is C10H11N3O2. The molecule has 2 N–H and O–H groups in total. The van der Waals surface area contributed by atoms with E-state index in [9.17, 15) is 5.11 Å². The lowest BCUT2D eigenvalue weighted by Crippen LogP contribution is -2.01. The van der Waals surface area contributed by atoms with E-state index in [0.29, 0.717) is 5.82 Å². The minimum atomic E-state index is -0.779. The normalized spacial score (nSPS) is 12.4. The zero-order valence-electron chi connectivity index (χ0n) is 8.21. The van der Waals surface area contributed by atoms with E-state index in [0.717, 1.165) is 11.3 Å². The second-order valence-corrected chi connectivity index (χ2v) is 3.05. The van der Waals surface area contributed by atoms with Crippen molar-refractivity contribution in [3.63, 3.8) is 0 Å². The van der Waals surface area contributed by atoms with Gasteiger partial charge in [-0.15, -0.1) is 0 Å². The van der Waals surface area contributed by atoms with Gasteiger partial charge in [0.1, 0.15) is 18.2 Å². The Morgan fingerprint density at radius 3 is 2.60 bits per heavy atom. The first-order valence-corrected chi connectivity index (χ1v) is 4.48. The van der Waals surface area contributed by atoms with Crippen molar-refractivity contribution in [2.45, 2.75) is 6.10 Å².